The van der Waals surface area contributed by atoms with Crippen molar-refractivity contribution in [2.75, 3.05) is 43.4 Å². The highest BCUT2D eigenvalue weighted by Crippen LogP contribution is 2.32. The summed E-state index contributed by atoms with van der Waals surface area (Å²) in [6, 6.07) is 10.9. The van der Waals surface area contributed by atoms with Crippen LogP contribution in [0, 0.1) is 0 Å². The molecule has 0 spiro atoms. The largest absolute Gasteiger partial charge is 0.382 e. The van der Waals surface area contributed by atoms with Crippen molar-refractivity contribution in [1.29, 1.82) is 0 Å². The predicted octanol–water partition coefficient (Wildman–Crippen LogP) is 4.14. The second-order valence-corrected chi connectivity index (χ2v) is 9.50. The van der Waals surface area contributed by atoms with E-state index in [0.29, 0.717) is 11.7 Å². The first kappa shape index (κ1) is 21.5. The predicted molar refractivity (Wildman–Crippen MR) is 141 cm³/mol. The van der Waals surface area contributed by atoms with Crippen molar-refractivity contribution in [3.8, 4) is 22.6 Å². The Morgan fingerprint density at radius 2 is 1.83 bits per heavy atom. The second kappa shape index (κ2) is 8.66. The summed E-state index contributed by atoms with van der Waals surface area (Å²) in [5.74, 6) is 0.761. The Morgan fingerprint density at radius 1 is 1.00 bits per heavy atom. The molecule has 0 atom stereocenters. The van der Waals surface area contributed by atoms with E-state index in [2.05, 4.69) is 91.5 Å². The number of H-pyrrole nitrogens is 2. The highest BCUT2D eigenvalue weighted by atomic mass is 15.3. The molecule has 35 heavy (non-hydrogen) atoms. The van der Waals surface area contributed by atoms with Gasteiger partial charge >= 0.3 is 0 Å². The lowest BCUT2D eigenvalue weighted by atomic mass is 10.1. The average molecular weight is 468 g/mol. The molecule has 0 saturated carbocycles. The van der Waals surface area contributed by atoms with Crippen LogP contribution in [0.5, 0.6) is 0 Å². The summed E-state index contributed by atoms with van der Waals surface area (Å²) >= 11 is 0. The molecular formula is C26H29N9. The summed E-state index contributed by atoms with van der Waals surface area (Å²) in [5, 5.41) is 11.9. The second-order valence-electron chi connectivity index (χ2n) is 9.50. The highest BCUT2D eigenvalue weighted by Gasteiger charge is 2.20. The summed E-state index contributed by atoms with van der Waals surface area (Å²) in [6.07, 6.45) is 5.54. The summed E-state index contributed by atoms with van der Waals surface area (Å²) in [6.45, 7) is 8.32. The molecule has 0 radical (unpaired) electrons. The fourth-order valence-corrected chi connectivity index (χ4v) is 4.69. The van der Waals surface area contributed by atoms with Gasteiger partial charge in [0, 0.05) is 61.9 Å². The number of hydrogen-bond donors (Lipinski definition) is 3. The van der Waals surface area contributed by atoms with E-state index in [4.69, 9.17) is 4.98 Å². The van der Waals surface area contributed by atoms with E-state index >= 15 is 0 Å². The van der Waals surface area contributed by atoms with Crippen LogP contribution < -0.4 is 10.2 Å². The summed E-state index contributed by atoms with van der Waals surface area (Å²) < 4.78 is 0. The number of nitrogens with one attached hydrogen (secondary N) is 3. The number of aromatic nitrogens is 6. The molecule has 0 aliphatic carbocycles. The standard InChI is InChI=1S/C26H29N9/c1-16(2)29-19-11-17(13-27-15-19)18-12-20-23(32-33-25(20)28-14-18)26-30-21-5-4-6-22(24(21)31-26)35-9-7-34(3)8-10-35/h4-6,11-16,29H,7-10H2,1-3H3,(H,30,31)(H,28,32,33). The van der Waals surface area contributed by atoms with Crippen LogP contribution in [0.2, 0.25) is 0 Å². The lowest BCUT2D eigenvalue weighted by molar-refractivity contribution is 0.313. The van der Waals surface area contributed by atoms with Gasteiger partial charge in [-0.15, -0.1) is 0 Å². The van der Waals surface area contributed by atoms with E-state index in [0.717, 1.165) is 70.9 Å². The highest BCUT2D eigenvalue weighted by molar-refractivity contribution is 5.96. The molecule has 5 aromatic rings. The van der Waals surface area contributed by atoms with Crippen LogP contribution >= 0.6 is 0 Å². The van der Waals surface area contributed by atoms with Gasteiger partial charge in [0.05, 0.1) is 22.3 Å². The Kier molecular flexibility index (Phi) is 5.33. The Labute approximate surface area is 203 Å². The van der Waals surface area contributed by atoms with Gasteiger partial charge in [-0.05, 0) is 45.2 Å². The van der Waals surface area contributed by atoms with E-state index in [-0.39, 0.29) is 0 Å². The Bertz CT molecular complexity index is 1490. The number of hydrogen-bond acceptors (Lipinski definition) is 7. The van der Waals surface area contributed by atoms with Crippen molar-refractivity contribution >= 4 is 33.4 Å². The molecule has 5 heterocycles. The summed E-state index contributed by atoms with van der Waals surface area (Å²) in [7, 11) is 2.17. The van der Waals surface area contributed by atoms with Crippen LogP contribution in [0.15, 0.2) is 48.9 Å². The maximum Gasteiger partial charge on any atom is 0.181 e. The minimum absolute atomic E-state index is 0.331. The maximum absolute atomic E-state index is 5.02. The van der Waals surface area contributed by atoms with Crippen molar-refractivity contribution in [3.63, 3.8) is 0 Å². The number of benzene rings is 1. The van der Waals surface area contributed by atoms with Gasteiger partial charge in [0.25, 0.3) is 0 Å². The fraction of sp³-hybridized carbons (Fsp3) is 0.308. The van der Waals surface area contributed by atoms with Gasteiger partial charge in [-0.25, -0.2) is 9.97 Å². The smallest absolute Gasteiger partial charge is 0.181 e. The van der Waals surface area contributed by atoms with Crippen LogP contribution in [0.4, 0.5) is 11.4 Å². The van der Waals surface area contributed by atoms with Crippen molar-refractivity contribution in [2.45, 2.75) is 19.9 Å². The van der Waals surface area contributed by atoms with Crippen LogP contribution in [-0.4, -0.2) is 74.3 Å². The van der Waals surface area contributed by atoms with E-state index in [9.17, 15) is 0 Å². The normalized spacial score (nSPS) is 14.9. The number of imidazole rings is 1. The van der Waals surface area contributed by atoms with Crippen LogP contribution in [0.3, 0.4) is 0 Å². The van der Waals surface area contributed by atoms with Gasteiger partial charge in [-0.3, -0.25) is 10.1 Å². The van der Waals surface area contributed by atoms with Gasteiger partial charge in [-0.1, -0.05) is 6.07 Å². The van der Waals surface area contributed by atoms with Crippen molar-refractivity contribution in [1.82, 2.24) is 35.0 Å². The molecule has 1 aliphatic heterocycles. The van der Waals surface area contributed by atoms with E-state index < -0.39 is 0 Å². The minimum Gasteiger partial charge on any atom is -0.382 e. The van der Waals surface area contributed by atoms with Crippen LogP contribution in [-0.2, 0) is 0 Å². The van der Waals surface area contributed by atoms with E-state index in [1.807, 2.05) is 18.6 Å². The number of fused-ring (bicyclic) bond motifs is 2. The van der Waals surface area contributed by atoms with Crippen molar-refractivity contribution in [3.05, 3.63) is 48.9 Å². The first-order valence-corrected chi connectivity index (χ1v) is 12.0. The molecular weight excluding hydrogens is 438 g/mol. The van der Waals surface area contributed by atoms with Gasteiger partial charge in [0.1, 0.15) is 11.2 Å². The van der Waals surface area contributed by atoms with Gasteiger partial charge in [0.2, 0.25) is 0 Å². The molecule has 178 valence electrons. The number of para-hydroxylation sites is 1. The third-order valence-corrected chi connectivity index (χ3v) is 6.51. The fourth-order valence-electron chi connectivity index (χ4n) is 4.69. The van der Waals surface area contributed by atoms with E-state index in [1.54, 1.807) is 0 Å². The number of anilines is 2. The van der Waals surface area contributed by atoms with Gasteiger partial charge < -0.3 is 20.1 Å². The lowest BCUT2D eigenvalue weighted by Crippen LogP contribution is -2.44. The molecule has 6 rings (SSSR count). The molecule has 1 saturated heterocycles. The summed E-state index contributed by atoms with van der Waals surface area (Å²) in [4.78, 5) is 22.3. The van der Waals surface area contributed by atoms with Crippen molar-refractivity contribution in [2.24, 2.45) is 0 Å². The average Bonchev–Trinajstić information content (AvgIpc) is 3.48. The molecule has 1 aromatic carbocycles. The SMILES string of the molecule is CC(C)Nc1cncc(-c2cnc3n[nH]c(-c4nc5c(N6CCN(C)CC6)cccc5[nH]4)c3c2)c1. The number of piperazine rings is 1. The van der Waals surface area contributed by atoms with Gasteiger partial charge in [-0.2, -0.15) is 5.10 Å². The third kappa shape index (κ3) is 4.08. The zero-order chi connectivity index (χ0) is 23.9. The molecule has 9 nitrogen and oxygen atoms in total. The van der Waals surface area contributed by atoms with Crippen LogP contribution in [0.25, 0.3) is 44.7 Å². The third-order valence-electron chi connectivity index (χ3n) is 6.51. The number of pyridine rings is 2. The number of rotatable bonds is 5. The molecule has 4 aromatic heterocycles. The molecule has 0 amide bonds. The minimum atomic E-state index is 0.331. The lowest BCUT2D eigenvalue weighted by Gasteiger charge is -2.34. The zero-order valence-corrected chi connectivity index (χ0v) is 20.2. The van der Waals surface area contributed by atoms with Gasteiger partial charge in [0.15, 0.2) is 11.5 Å². The topological polar surface area (TPSA) is 102 Å². The summed E-state index contributed by atoms with van der Waals surface area (Å²) in [5.41, 5.74) is 7.62. The molecule has 3 N–H and O–H groups in total. The number of likely N-dealkylation sites (N-methyl/N-ethyl adjacent to an activating group) is 1. The maximum atomic E-state index is 5.02. The van der Waals surface area contributed by atoms with Crippen molar-refractivity contribution < 1.29 is 0 Å². The van der Waals surface area contributed by atoms with Crippen LogP contribution in [0.1, 0.15) is 13.8 Å². The first-order valence-electron chi connectivity index (χ1n) is 12.0. The molecule has 0 unspecified atom stereocenters. The Hall–Kier alpha value is -3.98. The first-order chi connectivity index (χ1) is 17.0. The zero-order valence-electron chi connectivity index (χ0n) is 20.2. The monoisotopic (exact) mass is 467 g/mol. The number of nitrogens with zero attached hydrogens (tertiary/aromatic N) is 6. The molecule has 1 aliphatic rings. The Balaban J connectivity index is 1.39. The Morgan fingerprint density at radius 3 is 2.66 bits per heavy atom. The number of aromatic amines is 2. The quantitative estimate of drug-likeness (QED) is 0.357. The van der Waals surface area contributed by atoms with E-state index in [1.165, 1.54) is 5.69 Å². The molecule has 0 bridgehead atoms. The molecule has 1 fully saturated rings. The molecule has 9 heteroatoms.